The van der Waals surface area contributed by atoms with Gasteiger partial charge in [-0.15, -0.1) is 0 Å². The molecular formula is C23H26N2O5. The Hall–Kier alpha value is -3.06. The minimum Gasteiger partial charge on any atom is -0.497 e. The second kappa shape index (κ2) is 8.75. The number of anilines is 1. The SMILES string of the molecule is COc1ccc(N(Cc2ccc(C(=O)O)cc2)C(=O)O[C@H]2CN3CCC2CC3)cc1. The Morgan fingerprint density at radius 1 is 1.07 bits per heavy atom. The van der Waals surface area contributed by atoms with Crippen molar-refractivity contribution in [2.45, 2.75) is 25.5 Å². The Labute approximate surface area is 175 Å². The number of hydrogen-bond donors (Lipinski definition) is 1. The summed E-state index contributed by atoms with van der Waals surface area (Å²) >= 11 is 0. The molecule has 1 atom stereocenters. The summed E-state index contributed by atoms with van der Waals surface area (Å²) in [5.74, 6) is 0.150. The fourth-order valence-electron chi connectivity index (χ4n) is 4.20. The molecule has 5 rings (SSSR count). The van der Waals surface area contributed by atoms with E-state index in [-0.39, 0.29) is 24.3 Å². The number of carbonyl (C=O) groups excluding carboxylic acids is 1. The van der Waals surface area contributed by atoms with Gasteiger partial charge in [0.25, 0.3) is 0 Å². The Bertz CT molecular complexity index is 889. The maximum atomic E-state index is 13.2. The maximum Gasteiger partial charge on any atom is 0.414 e. The first kappa shape index (κ1) is 20.2. The summed E-state index contributed by atoms with van der Waals surface area (Å²) in [5, 5.41) is 9.11. The molecule has 7 heteroatoms. The van der Waals surface area contributed by atoms with E-state index in [2.05, 4.69) is 4.90 Å². The van der Waals surface area contributed by atoms with Gasteiger partial charge in [-0.3, -0.25) is 9.80 Å². The molecule has 2 aromatic carbocycles. The lowest BCUT2D eigenvalue weighted by Crippen LogP contribution is -2.53. The minimum atomic E-state index is -0.977. The van der Waals surface area contributed by atoms with Crippen LogP contribution in [0.3, 0.4) is 0 Å². The van der Waals surface area contributed by atoms with Crippen LogP contribution in [-0.4, -0.2) is 54.9 Å². The lowest BCUT2D eigenvalue weighted by atomic mass is 9.86. The monoisotopic (exact) mass is 410 g/mol. The average molecular weight is 410 g/mol. The summed E-state index contributed by atoms with van der Waals surface area (Å²) in [6, 6.07) is 13.8. The van der Waals surface area contributed by atoms with Crippen LogP contribution in [-0.2, 0) is 11.3 Å². The highest BCUT2D eigenvalue weighted by Crippen LogP contribution is 2.31. The van der Waals surface area contributed by atoms with E-state index in [1.807, 2.05) is 12.1 Å². The van der Waals surface area contributed by atoms with Gasteiger partial charge < -0.3 is 14.6 Å². The number of aromatic carboxylic acids is 1. The number of ether oxygens (including phenoxy) is 2. The Balaban J connectivity index is 1.54. The van der Waals surface area contributed by atoms with Crippen molar-refractivity contribution in [1.82, 2.24) is 4.90 Å². The summed E-state index contributed by atoms with van der Waals surface area (Å²) in [7, 11) is 1.60. The standard InChI is InChI=1S/C23H26N2O5/c1-29-20-8-6-19(7-9-20)25(14-16-2-4-18(5-3-16)22(26)27)23(28)30-21-15-24-12-10-17(21)11-13-24/h2-9,17,21H,10-15H2,1H3,(H,26,27)/t21-/m0/s1. The van der Waals surface area contributed by atoms with E-state index in [1.165, 1.54) is 0 Å². The van der Waals surface area contributed by atoms with Crippen LogP contribution >= 0.6 is 0 Å². The van der Waals surface area contributed by atoms with Crippen molar-refractivity contribution in [2.24, 2.45) is 5.92 Å². The zero-order valence-corrected chi connectivity index (χ0v) is 17.0. The molecule has 0 spiro atoms. The van der Waals surface area contributed by atoms with Crippen LogP contribution in [0.15, 0.2) is 48.5 Å². The first-order valence-electron chi connectivity index (χ1n) is 10.2. The van der Waals surface area contributed by atoms with Gasteiger partial charge in [-0.2, -0.15) is 0 Å². The molecule has 0 aliphatic carbocycles. The Kier molecular flexibility index (Phi) is 5.90. The van der Waals surface area contributed by atoms with Gasteiger partial charge in [0.15, 0.2) is 0 Å². The van der Waals surface area contributed by atoms with Crippen LogP contribution in [0.25, 0.3) is 0 Å². The molecule has 0 aromatic heterocycles. The fraction of sp³-hybridized carbons (Fsp3) is 0.391. The van der Waals surface area contributed by atoms with E-state index in [4.69, 9.17) is 14.6 Å². The number of nitrogens with zero attached hydrogens (tertiary/aromatic N) is 2. The van der Waals surface area contributed by atoms with Crippen LogP contribution in [0.4, 0.5) is 10.5 Å². The highest BCUT2D eigenvalue weighted by Gasteiger charge is 2.37. The van der Waals surface area contributed by atoms with Crippen molar-refractivity contribution in [2.75, 3.05) is 31.6 Å². The molecule has 0 radical (unpaired) electrons. The van der Waals surface area contributed by atoms with Crippen LogP contribution in [0.5, 0.6) is 5.75 Å². The molecule has 3 saturated heterocycles. The molecule has 0 saturated carbocycles. The van der Waals surface area contributed by atoms with Gasteiger partial charge in [-0.1, -0.05) is 12.1 Å². The van der Waals surface area contributed by atoms with E-state index >= 15 is 0 Å². The number of carboxylic acids is 1. The van der Waals surface area contributed by atoms with Crippen molar-refractivity contribution in [3.05, 3.63) is 59.7 Å². The predicted octanol–water partition coefficient (Wildman–Crippen LogP) is 3.63. The van der Waals surface area contributed by atoms with Gasteiger partial charge in [0.05, 0.1) is 19.2 Å². The van der Waals surface area contributed by atoms with Crippen molar-refractivity contribution in [1.29, 1.82) is 0 Å². The number of piperidine rings is 3. The molecule has 2 bridgehead atoms. The molecule has 1 N–H and O–H groups in total. The van der Waals surface area contributed by atoms with E-state index in [9.17, 15) is 9.59 Å². The first-order chi connectivity index (χ1) is 14.5. The summed E-state index contributed by atoms with van der Waals surface area (Å²) in [6.45, 7) is 3.24. The lowest BCUT2D eigenvalue weighted by molar-refractivity contribution is -0.0311. The van der Waals surface area contributed by atoms with Crippen molar-refractivity contribution in [3.8, 4) is 5.75 Å². The van der Waals surface area contributed by atoms with Gasteiger partial charge in [0.1, 0.15) is 11.9 Å². The molecule has 158 valence electrons. The number of rotatable bonds is 6. The molecule has 3 heterocycles. The Morgan fingerprint density at radius 3 is 2.27 bits per heavy atom. The smallest absolute Gasteiger partial charge is 0.414 e. The number of benzene rings is 2. The second-order valence-corrected chi connectivity index (χ2v) is 7.85. The van der Waals surface area contributed by atoms with Crippen LogP contribution in [0.2, 0.25) is 0 Å². The van der Waals surface area contributed by atoms with Crippen molar-refractivity contribution in [3.63, 3.8) is 0 Å². The highest BCUT2D eigenvalue weighted by atomic mass is 16.6. The van der Waals surface area contributed by atoms with Gasteiger partial charge in [0, 0.05) is 12.2 Å². The molecule has 3 aliphatic rings. The number of carboxylic acid groups (broad SMARTS) is 1. The maximum absolute atomic E-state index is 13.2. The third kappa shape index (κ3) is 4.41. The molecule has 7 nitrogen and oxygen atoms in total. The van der Waals surface area contributed by atoms with Gasteiger partial charge >= 0.3 is 12.1 Å². The van der Waals surface area contributed by atoms with E-state index in [1.54, 1.807) is 48.4 Å². The third-order valence-electron chi connectivity index (χ3n) is 5.99. The van der Waals surface area contributed by atoms with E-state index in [0.717, 1.165) is 38.0 Å². The van der Waals surface area contributed by atoms with Gasteiger partial charge in [0.2, 0.25) is 0 Å². The topological polar surface area (TPSA) is 79.3 Å². The van der Waals surface area contributed by atoms with Crippen molar-refractivity contribution < 1.29 is 24.2 Å². The highest BCUT2D eigenvalue weighted by molar-refractivity contribution is 5.89. The number of methoxy groups -OCH3 is 1. The molecular weight excluding hydrogens is 384 g/mol. The largest absolute Gasteiger partial charge is 0.497 e. The predicted molar refractivity (Wildman–Crippen MR) is 112 cm³/mol. The van der Waals surface area contributed by atoms with Crippen LogP contribution in [0, 0.1) is 5.92 Å². The molecule has 3 fully saturated rings. The summed E-state index contributed by atoms with van der Waals surface area (Å²) in [6.07, 6.45) is 1.66. The molecule has 1 amide bonds. The van der Waals surface area contributed by atoms with Gasteiger partial charge in [-0.05, 0) is 73.8 Å². The fourth-order valence-corrected chi connectivity index (χ4v) is 4.20. The number of amides is 1. The zero-order chi connectivity index (χ0) is 21.1. The minimum absolute atomic E-state index is 0.0878. The quantitative estimate of drug-likeness (QED) is 0.783. The summed E-state index contributed by atoms with van der Waals surface area (Å²) in [4.78, 5) is 28.2. The first-order valence-corrected chi connectivity index (χ1v) is 10.2. The second-order valence-electron chi connectivity index (χ2n) is 7.85. The van der Waals surface area contributed by atoms with Crippen LogP contribution in [0.1, 0.15) is 28.8 Å². The molecule has 0 unspecified atom stereocenters. The molecule has 2 aromatic rings. The molecule has 30 heavy (non-hydrogen) atoms. The number of carbonyl (C=O) groups is 2. The number of hydrogen-bond acceptors (Lipinski definition) is 5. The number of fused-ring (bicyclic) bond motifs is 3. The zero-order valence-electron chi connectivity index (χ0n) is 17.0. The normalized spacial score (nSPS) is 22.4. The average Bonchev–Trinajstić information content (AvgIpc) is 2.78. The third-order valence-corrected chi connectivity index (χ3v) is 5.99. The van der Waals surface area contributed by atoms with Crippen LogP contribution < -0.4 is 9.64 Å². The van der Waals surface area contributed by atoms with E-state index < -0.39 is 5.97 Å². The Morgan fingerprint density at radius 2 is 1.73 bits per heavy atom. The molecule has 3 aliphatic heterocycles. The lowest BCUT2D eigenvalue weighted by Gasteiger charge is -2.44. The summed E-state index contributed by atoms with van der Waals surface area (Å²) in [5.41, 5.74) is 1.73. The summed E-state index contributed by atoms with van der Waals surface area (Å²) < 4.78 is 11.2. The van der Waals surface area contributed by atoms with Gasteiger partial charge in [-0.25, -0.2) is 9.59 Å². The van der Waals surface area contributed by atoms with E-state index in [0.29, 0.717) is 17.4 Å². The van der Waals surface area contributed by atoms with Crippen molar-refractivity contribution >= 4 is 17.7 Å².